The van der Waals surface area contributed by atoms with Gasteiger partial charge in [0.2, 0.25) is 15.9 Å². The molecule has 0 aromatic heterocycles. The van der Waals surface area contributed by atoms with Gasteiger partial charge in [-0.05, 0) is 56.4 Å². The average molecular weight is 394 g/mol. The Labute approximate surface area is 163 Å². The van der Waals surface area contributed by atoms with E-state index in [0.29, 0.717) is 5.69 Å². The van der Waals surface area contributed by atoms with Crippen molar-refractivity contribution in [3.63, 3.8) is 0 Å². The predicted molar refractivity (Wildman–Crippen MR) is 110 cm³/mol. The van der Waals surface area contributed by atoms with Crippen LogP contribution in [0.1, 0.15) is 51.4 Å². The molecule has 1 aromatic rings. The van der Waals surface area contributed by atoms with E-state index in [9.17, 15) is 13.2 Å². The van der Waals surface area contributed by atoms with E-state index < -0.39 is 10.0 Å². The van der Waals surface area contributed by atoms with Crippen LogP contribution in [-0.2, 0) is 14.8 Å². The molecule has 7 heteroatoms. The molecule has 1 amide bonds. The molecule has 3 rings (SSSR count). The van der Waals surface area contributed by atoms with Crippen molar-refractivity contribution in [3.05, 3.63) is 24.3 Å². The molecule has 1 N–H and O–H groups in total. The Morgan fingerprint density at radius 1 is 1.07 bits per heavy atom. The summed E-state index contributed by atoms with van der Waals surface area (Å²) in [7, 11) is -3.44. The van der Waals surface area contributed by atoms with Crippen molar-refractivity contribution < 1.29 is 13.2 Å². The smallest absolute Gasteiger partial charge is 0.232 e. The molecule has 0 radical (unpaired) electrons. The number of benzene rings is 1. The van der Waals surface area contributed by atoms with Crippen LogP contribution in [-0.4, -0.2) is 46.3 Å². The first-order chi connectivity index (χ1) is 12.9. The highest BCUT2D eigenvalue weighted by atomic mass is 32.2. The van der Waals surface area contributed by atoms with E-state index in [1.807, 2.05) is 24.3 Å². The molecule has 1 aliphatic carbocycles. The lowest BCUT2D eigenvalue weighted by Crippen LogP contribution is -2.37. The lowest BCUT2D eigenvalue weighted by Gasteiger charge is -2.29. The number of carbonyl (C=O) groups is 1. The van der Waals surface area contributed by atoms with Crippen molar-refractivity contribution in [2.75, 3.05) is 35.1 Å². The monoisotopic (exact) mass is 393 g/mol. The first-order valence-electron chi connectivity index (χ1n) is 10.1. The number of carbonyl (C=O) groups excluding carboxylic acids is 1. The molecule has 6 nitrogen and oxygen atoms in total. The fraction of sp³-hybridized carbons (Fsp3) is 0.650. The van der Waals surface area contributed by atoms with Crippen molar-refractivity contribution in [2.24, 2.45) is 0 Å². The van der Waals surface area contributed by atoms with E-state index in [-0.39, 0.29) is 24.9 Å². The molecule has 2 fully saturated rings. The molecule has 150 valence electrons. The zero-order chi connectivity index (χ0) is 19.3. The zero-order valence-corrected chi connectivity index (χ0v) is 17.0. The van der Waals surface area contributed by atoms with Gasteiger partial charge >= 0.3 is 0 Å². The molecule has 1 aliphatic heterocycles. The summed E-state index contributed by atoms with van der Waals surface area (Å²) in [6.45, 7) is 2.27. The molecule has 1 saturated carbocycles. The van der Waals surface area contributed by atoms with Crippen LogP contribution in [0.25, 0.3) is 0 Å². The van der Waals surface area contributed by atoms with Crippen molar-refractivity contribution in [3.8, 4) is 0 Å². The van der Waals surface area contributed by atoms with E-state index in [2.05, 4.69) is 10.2 Å². The van der Waals surface area contributed by atoms with Gasteiger partial charge in [-0.2, -0.15) is 0 Å². The Kier molecular flexibility index (Phi) is 6.63. The fourth-order valence-corrected chi connectivity index (χ4v) is 4.97. The van der Waals surface area contributed by atoms with Gasteiger partial charge in [0, 0.05) is 37.8 Å². The summed E-state index contributed by atoms with van der Waals surface area (Å²) in [5.41, 5.74) is 1.75. The van der Waals surface area contributed by atoms with Crippen LogP contribution in [0.15, 0.2) is 24.3 Å². The van der Waals surface area contributed by atoms with Crippen LogP contribution in [0.2, 0.25) is 0 Å². The molecule has 0 spiro atoms. The van der Waals surface area contributed by atoms with Crippen LogP contribution in [0.3, 0.4) is 0 Å². The lowest BCUT2D eigenvalue weighted by molar-refractivity contribution is -0.121. The number of hydrogen-bond donors (Lipinski definition) is 1. The number of piperidine rings is 1. The second-order valence-electron chi connectivity index (χ2n) is 7.70. The predicted octanol–water partition coefficient (Wildman–Crippen LogP) is 2.89. The summed E-state index contributed by atoms with van der Waals surface area (Å²) in [5, 5.41) is 3.02. The summed E-state index contributed by atoms with van der Waals surface area (Å²) in [6.07, 6.45) is 9.42. The maximum atomic E-state index is 12.3. The fourth-order valence-electron chi connectivity index (χ4n) is 4.04. The highest BCUT2D eigenvalue weighted by Crippen LogP contribution is 2.25. The summed E-state index contributed by atoms with van der Waals surface area (Å²) in [5.74, 6) is -0.0690. The number of sulfonamides is 1. The number of nitrogens with zero attached hydrogens (tertiary/aromatic N) is 2. The molecule has 0 bridgehead atoms. The molecule has 0 atom stereocenters. The molecular weight excluding hydrogens is 362 g/mol. The number of hydrogen-bond acceptors (Lipinski definition) is 4. The molecule has 1 heterocycles. The third-order valence-electron chi connectivity index (χ3n) is 5.52. The van der Waals surface area contributed by atoms with Gasteiger partial charge in [0.25, 0.3) is 0 Å². The lowest BCUT2D eigenvalue weighted by atomic mass is 10.1. The van der Waals surface area contributed by atoms with Gasteiger partial charge in [-0.15, -0.1) is 0 Å². The Morgan fingerprint density at radius 3 is 2.30 bits per heavy atom. The van der Waals surface area contributed by atoms with E-state index in [0.717, 1.165) is 44.5 Å². The van der Waals surface area contributed by atoms with Gasteiger partial charge in [0.05, 0.1) is 11.9 Å². The van der Waals surface area contributed by atoms with E-state index in [4.69, 9.17) is 0 Å². The van der Waals surface area contributed by atoms with Gasteiger partial charge in [-0.3, -0.25) is 9.10 Å². The molecular formula is C20H31N3O3S. The van der Waals surface area contributed by atoms with Gasteiger partial charge in [-0.25, -0.2) is 8.42 Å². The third-order valence-corrected chi connectivity index (χ3v) is 6.72. The van der Waals surface area contributed by atoms with Gasteiger partial charge in [0.15, 0.2) is 0 Å². The summed E-state index contributed by atoms with van der Waals surface area (Å²) in [6, 6.07) is 7.92. The largest absolute Gasteiger partial charge is 0.372 e. The molecule has 0 unspecified atom stereocenters. The zero-order valence-electron chi connectivity index (χ0n) is 16.2. The van der Waals surface area contributed by atoms with Crippen LogP contribution < -0.4 is 14.5 Å². The number of rotatable bonds is 7. The number of amides is 1. The molecule has 1 saturated heterocycles. The summed E-state index contributed by atoms with van der Waals surface area (Å²) in [4.78, 5) is 14.5. The van der Waals surface area contributed by atoms with E-state index in [1.165, 1.54) is 29.8 Å². The normalized spacial score (nSPS) is 18.5. The van der Waals surface area contributed by atoms with Crippen LogP contribution in [0.4, 0.5) is 11.4 Å². The minimum Gasteiger partial charge on any atom is -0.372 e. The first-order valence-corrected chi connectivity index (χ1v) is 11.9. The second-order valence-corrected chi connectivity index (χ2v) is 9.60. The van der Waals surface area contributed by atoms with Crippen molar-refractivity contribution >= 4 is 27.3 Å². The Hall–Kier alpha value is -1.76. The highest BCUT2D eigenvalue weighted by molar-refractivity contribution is 7.92. The van der Waals surface area contributed by atoms with E-state index >= 15 is 0 Å². The third kappa shape index (κ3) is 5.61. The molecule has 1 aromatic carbocycles. The Morgan fingerprint density at radius 2 is 1.70 bits per heavy atom. The van der Waals surface area contributed by atoms with Crippen molar-refractivity contribution in [2.45, 2.75) is 57.4 Å². The quantitative estimate of drug-likeness (QED) is 0.773. The first kappa shape index (κ1) is 20.0. The van der Waals surface area contributed by atoms with Gasteiger partial charge < -0.3 is 10.2 Å². The average Bonchev–Trinajstić information content (AvgIpc) is 3.15. The molecule has 2 aliphatic rings. The highest BCUT2D eigenvalue weighted by Gasteiger charge is 2.21. The summed E-state index contributed by atoms with van der Waals surface area (Å²) >= 11 is 0. The second kappa shape index (κ2) is 8.95. The minimum atomic E-state index is -3.44. The van der Waals surface area contributed by atoms with Crippen LogP contribution in [0.5, 0.6) is 0 Å². The van der Waals surface area contributed by atoms with Crippen LogP contribution in [0, 0.1) is 0 Å². The Balaban J connectivity index is 1.62. The topological polar surface area (TPSA) is 69.7 Å². The standard InChI is InChI=1S/C20H31N3O3S/c1-27(25,26)23(16-13-20(24)21-17-7-3-4-8-17)19-11-9-18(10-12-19)22-14-5-2-6-15-22/h9-12,17H,2-8,13-16H2,1H3,(H,21,24). The maximum Gasteiger partial charge on any atom is 0.232 e. The van der Waals surface area contributed by atoms with Crippen LogP contribution >= 0.6 is 0 Å². The van der Waals surface area contributed by atoms with Gasteiger partial charge in [-0.1, -0.05) is 12.8 Å². The number of anilines is 2. The number of nitrogens with one attached hydrogen (secondary N) is 1. The minimum absolute atomic E-state index is 0.0690. The Bertz CT molecular complexity index is 721. The van der Waals surface area contributed by atoms with E-state index in [1.54, 1.807) is 0 Å². The summed E-state index contributed by atoms with van der Waals surface area (Å²) < 4.78 is 25.9. The maximum absolute atomic E-state index is 12.3. The molecule has 27 heavy (non-hydrogen) atoms. The SMILES string of the molecule is CS(=O)(=O)N(CCC(=O)NC1CCCC1)c1ccc(N2CCCCC2)cc1. The van der Waals surface area contributed by atoms with Gasteiger partial charge in [0.1, 0.15) is 0 Å². The van der Waals surface area contributed by atoms with Crippen molar-refractivity contribution in [1.82, 2.24) is 5.32 Å². The van der Waals surface area contributed by atoms with Crippen molar-refractivity contribution in [1.29, 1.82) is 0 Å².